The molecule has 3 aromatic carbocycles. The van der Waals surface area contributed by atoms with Gasteiger partial charge in [0.25, 0.3) is 11.8 Å². The number of fused-ring (bicyclic) bond motifs is 9. The zero-order valence-electron chi connectivity index (χ0n) is 46.2. The molecule has 24 nitrogen and oxygen atoms in total. The summed E-state index contributed by atoms with van der Waals surface area (Å²) in [5, 5.41) is 20.1. The second kappa shape index (κ2) is 26.4. The van der Waals surface area contributed by atoms with E-state index in [0.717, 1.165) is 106 Å². The Bertz CT molecular complexity index is 3330. The van der Waals surface area contributed by atoms with Crippen molar-refractivity contribution in [3.8, 4) is 0 Å². The molecule has 5 aromatic rings. The van der Waals surface area contributed by atoms with Crippen LogP contribution in [-0.4, -0.2) is 165 Å². The number of aromatic nitrogens is 2. The van der Waals surface area contributed by atoms with Crippen LogP contribution < -0.4 is 30.7 Å². The number of aliphatic hydroxyl groups is 1. The first-order valence-corrected chi connectivity index (χ1v) is 33.3. The van der Waals surface area contributed by atoms with E-state index in [1.54, 1.807) is 14.7 Å². The van der Waals surface area contributed by atoms with Crippen molar-refractivity contribution >= 4 is 99.0 Å². The normalized spacial score (nSPS) is 21.0. The van der Waals surface area contributed by atoms with Crippen LogP contribution in [0.2, 0.25) is 0 Å². The highest BCUT2D eigenvalue weighted by Gasteiger charge is 2.40. The lowest BCUT2D eigenvalue weighted by Crippen LogP contribution is -2.39. The fraction of sp³-hybridized carbons (Fsp3) is 0.519. The van der Waals surface area contributed by atoms with Crippen LogP contribution in [0.25, 0.3) is 21.8 Å². The summed E-state index contributed by atoms with van der Waals surface area (Å²) >= 11 is 0. The molecule has 1 fully saturated rings. The van der Waals surface area contributed by atoms with Gasteiger partial charge in [0, 0.05) is 110 Å². The number of H-pyrrole nitrogens is 2. The van der Waals surface area contributed by atoms with Crippen molar-refractivity contribution in [3.63, 3.8) is 0 Å². The van der Waals surface area contributed by atoms with Crippen LogP contribution in [0.4, 0.5) is 22.7 Å². The highest BCUT2D eigenvalue weighted by Crippen LogP contribution is 2.47. The Morgan fingerprint density at radius 2 is 1.29 bits per heavy atom. The molecule has 7 unspecified atom stereocenters. The summed E-state index contributed by atoms with van der Waals surface area (Å²) in [4.78, 5) is 94.2. The molecule has 82 heavy (non-hydrogen) atoms. The third-order valence-electron chi connectivity index (χ3n) is 15.2. The number of carbonyl (C=O) groups excluding carboxylic acids is 4. The topological polar surface area (TPSA) is 324 Å². The Labute approximate surface area is 476 Å². The highest BCUT2D eigenvalue weighted by molar-refractivity contribution is 7.52. The van der Waals surface area contributed by atoms with E-state index in [-0.39, 0.29) is 62.9 Å². The standard InChI is InChI=1S/C41H44N7O8P.C13H28BNO8P2/c1-57(54,55)56-19-2-4-38(50)46-15-11-23-27-21-33(44-30(27)5-8-35(23)46)40(52)48-17-13-25-28-22-34(45-31(28)7-10-37(25)48)41(53)47-16-12-24-26-20-32(39(51)42-14-3-18-49)43-29(26)6-9-36(24)47;1-15-7-5-3-4-6-8-20-25(18,19)21-10-12-11(9-13(14)22-12)23-24(2,16)17/h5-10,21-22,32,43-45,49H,2-4,11-20H2,1H3,(H,42,51)(H,54,55);11-13,15H,3-10H2,1-2H3,(H,16,17)(H,18,19). The Kier molecular flexibility index (Phi) is 19.7. The minimum absolute atomic E-state index is 0.0213. The van der Waals surface area contributed by atoms with Crippen molar-refractivity contribution in [2.75, 3.05) is 99.5 Å². The first-order valence-electron chi connectivity index (χ1n) is 27.8. The number of nitrogens with one attached hydrogen (secondary N) is 5. The monoisotopic (exact) mass is 1190 g/mol. The average Bonchev–Trinajstić information content (AvgIpc) is 2.93. The van der Waals surface area contributed by atoms with Crippen molar-refractivity contribution in [2.45, 2.75) is 101 Å². The number of ether oxygens (including phenoxy) is 1. The molecule has 2 aromatic heterocycles. The van der Waals surface area contributed by atoms with Gasteiger partial charge in [-0.05, 0) is 136 Å². The van der Waals surface area contributed by atoms with Crippen LogP contribution in [0.15, 0.2) is 48.5 Å². The highest BCUT2D eigenvalue weighted by atomic mass is 31.2. The molecule has 28 heteroatoms. The molecular weight excluding hydrogens is 1120 g/mol. The maximum atomic E-state index is 14.1. The summed E-state index contributed by atoms with van der Waals surface area (Å²) < 4.78 is 59.6. The van der Waals surface area contributed by atoms with E-state index in [9.17, 15) is 47.6 Å². The predicted molar refractivity (Wildman–Crippen MR) is 310 cm³/mol. The van der Waals surface area contributed by atoms with Crippen LogP contribution >= 0.6 is 23.0 Å². The first kappa shape index (κ1) is 61.3. The van der Waals surface area contributed by atoms with Gasteiger partial charge in [0.05, 0.1) is 25.9 Å². The largest absolute Gasteiger partial charge is 0.472 e. The molecule has 0 saturated carbocycles. The number of phosphoric ester groups is 1. The van der Waals surface area contributed by atoms with Gasteiger partial charge in [0.15, 0.2) is 0 Å². The van der Waals surface area contributed by atoms with Crippen molar-refractivity contribution < 1.29 is 75.5 Å². The van der Waals surface area contributed by atoms with E-state index in [1.807, 2.05) is 55.6 Å². The summed E-state index contributed by atoms with van der Waals surface area (Å²) in [6, 6.07) is 14.2. The number of aromatic amines is 2. The Morgan fingerprint density at radius 1 is 0.707 bits per heavy atom. The summed E-state index contributed by atoms with van der Waals surface area (Å²) in [7, 11) is -4.03. The van der Waals surface area contributed by atoms with Gasteiger partial charge in [-0.3, -0.25) is 37.4 Å². The number of aliphatic hydroxyl groups excluding tert-OH is 1. The molecule has 4 amide bonds. The molecule has 442 valence electrons. The number of unbranched alkanes of at least 4 members (excludes halogenated alkanes) is 3. The summed E-state index contributed by atoms with van der Waals surface area (Å²) in [6.45, 7) is 4.90. The number of nitrogens with zero attached hydrogens (tertiary/aromatic N) is 3. The second-order valence-corrected chi connectivity index (χ2v) is 26.4. The third-order valence-corrected chi connectivity index (χ3v) is 17.5. The molecule has 7 atom stereocenters. The molecule has 0 bridgehead atoms. The Morgan fingerprint density at radius 3 is 1.91 bits per heavy atom. The van der Waals surface area contributed by atoms with Gasteiger partial charge in [0.2, 0.25) is 11.8 Å². The molecule has 0 spiro atoms. The lowest BCUT2D eigenvalue weighted by molar-refractivity contribution is -0.121. The first-order chi connectivity index (χ1) is 39.1. The minimum Gasteiger partial charge on any atom is -0.396 e. The van der Waals surface area contributed by atoms with E-state index in [4.69, 9.17) is 35.8 Å². The van der Waals surface area contributed by atoms with Gasteiger partial charge >= 0.3 is 23.0 Å². The van der Waals surface area contributed by atoms with Gasteiger partial charge in [-0.1, -0.05) is 12.8 Å². The lowest BCUT2D eigenvalue weighted by atomic mass is 9.96. The lowest BCUT2D eigenvalue weighted by Gasteiger charge is -2.21. The Balaban J connectivity index is 0.000000273. The number of phosphoric acid groups is 1. The number of anilines is 4. The number of benzene rings is 3. The zero-order chi connectivity index (χ0) is 58.5. The van der Waals surface area contributed by atoms with E-state index in [2.05, 4.69) is 25.9 Å². The van der Waals surface area contributed by atoms with Crippen molar-refractivity contribution in [1.82, 2.24) is 20.6 Å². The fourth-order valence-corrected chi connectivity index (χ4v) is 13.3. The van der Waals surface area contributed by atoms with Gasteiger partial charge in [0.1, 0.15) is 31.4 Å². The summed E-state index contributed by atoms with van der Waals surface area (Å²) in [5.41, 5.74) is 10.1. The number of amides is 4. The van der Waals surface area contributed by atoms with E-state index in [0.29, 0.717) is 82.5 Å². The summed E-state index contributed by atoms with van der Waals surface area (Å²) in [6.07, 6.45) is 5.71. The van der Waals surface area contributed by atoms with Crippen molar-refractivity contribution in [2.24, 2.45) is 0 Å². The number of hydrogen-bond donors (Lipinski definition) is 9. The molecule has 2 radical (unpaired) electrons. The van der Waals surface area contributed by atoms with Gasteiger partial charge < -0.3 is 74.2 Å². The predicted octanol–water partition coefficient (Wildman–Crippen LogP) is 5.78. The average molecular weight is 1190 g/mol. The number of hydrogen-bond acceptors (Lipinski definition) is 15. The summed E-state index contributed by atoms with van der Waals surface area (Å²) in [5.74, 6) is -0.481. The third kappa shape index (κ3) is 14.6. The van der Waals surface area contributed by atoms with Crippen molar-refractivity contribution in [3.05, 3.63) is 82.2 Å². The molecular formula is C54H72BN8O16P3. The zero-order valence-corrected chi connectivity index (χ0v) is 48.9. The number of carbonyl (C=O) groups is 4. The van der Waals surface area contributed by atoms with E-state index >= 15 is 0 Å². The molecule has 1 saturated heterocycles. The molecule has 5 aliphatic heterocycles. The van der Waals surface area contributed by atoms with Crippen molar-refractivity contribution in [1.29, 1.82) is 0 Å². The second-order valence-electron chi connectivity index (χ2n) is 21.2. The molecule has 0 aliphatic carbocycles. The SMILES string of the molecule is CP(=O)(O)OCCCC(=O)N1CCc2c1ccc1[nH]c(C(=O)N3CCc4c3ccc3[nH]c(C(=O)N5CCc6c5ccc5c6CC(C(=O)NCCCO)N5)cc43)cc21.[B]C1CC(OP(C)(=O)O)C(COP(=O)(O)OCCCCCCNC)O1. The smallest absolute Gasteiger partial charge is 0.396 e. The van der Waals surface area contributed by atoms with Crippen LogP contribution in [0.3, 0.4) is 0 Å². The van der Waals surface area contributed by atoms with E-state index in [1.165, 1.54) is 0 Å². The minimum atomic E-state index is -4.22. The molecule has 7 heterocycles. The van der Waals surface area contributed by atoms with Gasteiger partial charge in [-0.2, -0.15) is 0 Å². The quantitative estimate of drug-likeness (QED) is 0.0201. The van der Waals surface area contributed by atoms with E-state index < -0.39 is 47.3 Å². The van der Waals surface area contributed by atoms with Gasteiger partial charge in [-0.25, -0.2) is 4.57 Å². The maximum absolute atomic E-state index is 14.1. The fourth-order valence-electron chi connectivity index (χ4n) is 11.4. The van der Waals surface area contributed by atoms with Crippen LogP contribution in [0, 0.1) is 0 Å². The van der Waals surface area contributed by atoms with Crippen LogP contribution in [-0.2, 0) is 71.8 Å². The Hall–Kier alpha value is -5.23. The number of rotatable bonds is 24. The molecule has 5 aliphatic rings. The van der Waals surface area contributed by atoms with Crippen LogP contribution in [0.5, 0.6) is 0 Å². The molecule has 9 N–H and O–H groups in total. The maximum Gasteiger partial charge on any atom is 0.472 e. The van der Waals surface area contributed by atoms with Crippen LogP contribution in [0.1, 0.15) is 94.6 Å². The molecule has 10 rings (SSSR count). The van der Waals surface area contributed by atoms with Gasteiger partial charge in [-0.15, -0.1) is 0 Å².